The van der Waals surface area contributed by atoms with Crippen molar-refractivity contribution in [3.8, 4) is 5.75 Å². The van der Waals surface area contributed by atoms with E-state index in [-0.39, 0.29) is 17.2 Å². The number of rotatable bonds is 6. The van der Waals surface area contributed by atoms with Gasteiger partial charge in [0.15, 0.2) is 0 Å². The van der Waals surface area contributed by atoms with Crippen LogP contribution in [0.4, 0.5) is 13.2 Å². The van der Waals surface area contributed by atoms with E-state index in [9.17, 15) is 13.2 Å². The summed E-state index contributed by atoms with van der Waals surface area (Å²) >= 11 is 0. The fourth-order valence-corrected chi connectivity index (χ4v) is 2.32. The van der Waals surface area contributed by atoms with Gasteiger partial charge in [0.25, 0.3) is 0 Å². The number of para-hydroxylation sites is 1. The minimum Gasteiger partial charge on any atom is -0.406 e. The van der Waals surface area contributed by atoms with Gasteiger partial charge in [-0.05, 0) is 36.4 Å². The first-order valence-corrected chi connectivity index (χ1v) is 7.20. The first kappa shape index (κ1) is 17.8. The Balaban J connectivity index is 2.78. The monoisotopic (exact) mass is 303 g/mol. The van der Waals surface area contributed by atoms with Gasteiger partial charge in [-0.2, -0.15) is 0 Å². The second-order valence-electron chi connectivity index (χ2n) is 6.17. The van der Waals surface area contributed by atoms with Gasteiger partial charge < -0.3 is 10.1 Å². The molecular weight excluding hydrogens is 279 g/mol. The van der Waals surface area contributed by atoms with E-state index in [1.807, 2.05) is 6.92 Å². The highest BCUT2D eigenvalue weighted by Crippen LogP contribution is 2.29. The topological polar surface area (TPSA) is 21.3 Å². The Kier molecular flexibility index (Phi) is 6.08. The highest BCUT2D eigenvalue weighted by atomic mass is 19.4. The molecule has 0 heterocycles. The van der Waals surface area contributed by atoms with E-state index in [0.717, 1.165) is 13.0 Å². The molecule has 2 nitrogen and oxygen atoms in total. The van der Waals surface area contributed by atoms with Crippen molar-refractivity contribution >= 4 is 0 Å². The van der Waals surface area contributed by atoms with Gasteiger partial charge in [-0.25, -0.2) is 0 Å². The minimum atomic E-state index is -4.65. The fourth-order valence-electron chi connectivity index (χ4n) is 2.32. The Bertz CT molecular complexity index is 438. The Hall–Kier alpha value is -1.23. The zero-order chi connectivity index (χ0) is 16.1. The molecule has 0 aliphatic carbocycles. The maximum Gasteiger partial charge on any atom is 0.573 e. The van der Waals surface area contributed by atoms with Crippen LogP contribution in [0.2, 0.25) is 0 Å². The molecule has 0 aromatic heterocycles. The van der Waals surface area contributed by atoms with Gasteiger partial charge >= 0.3 is 6.36 Å². The molecule has 0 aliphatic heterocycles. The molecule has 0 spiro atoms. The van der Waals surface area contributed by atoms with Crippen molar-refractivity contribution in [2.45, 2.75) is 52.9 Å². The normalized spacial score (nSPS) is 14.0. The number of halogens is 3. The van der Waals surface area contributed by atoms with E-state index in [4.69, 9.17) is 0 Å². The Labute approximate surface area is 124 Å². The van der Waals surface area contributed by atoms with Crippen molar-refractivity contribution in [2.75, 3.05) is 6.54 Å². The summed E-state index contributed by atoms with van der Waals surface area (Å²) in [4.78, 5) is 0. The molecule has 1 atom stereocenters. The lowest BCUT2D eigenvalue weighted by Crippen LogP contribution is -2.40. The minimum absolute atomic E-state index is 0.0514. The van der Waals surface area contributed by atoms with Crippen LogP contribution in [0, 0.1) is 5.41 Å². The molecule has 5 heteroatoms. The molecule has 0 amide bonds. The van der Waals surface area contributed by atoms with Crippen molar-refractivity contribution in [2.24, 2.45) is 5.41 Å². The molecule has 1 rings (SSSR count). The molecule has 0 bridgehead atoms. The predicted octanol–water partition coefficient (Wildman–Crippen LogP) is 4.54. The molecule has 1 aromatic carbocycles. The summed E-state index contributed by atoms with van der Waals surface area (Å²) in [5.41, 5.74) is 0.637. The lowest BCUT2D eigenvalue weighted by atomic mass is 9.83. The van der Waals surface area contributed by atoms with Gasteiger partial charge in [-0.1, -0.05) is 45.9 Å². The van der Waals surface area contributed by atoms with Gasteiger partial charge in [0, 0.05) is 6.04 Å². The third-order valence-corrected chi connectivity index (χ3v) is 3.40. The van der Waals surface area contributed by atoms with E-state index >= 15 is 0 Å². The largest absolute Gasteiger partial charge is 0.573 e. The smallest absolute Gasteiger partial charge is 0.406 e. The number of alkyl halides is 3. The Morgan fingerprint density at radius 2 is 1.76 bits per heavy atom. The summed E-state index contributed by atoms with van der Waals surface area (Å²) in [5.74, 6) is -0.103. The van der Waals surface area contributed by atoms with Crippen LogP contribution >= 0.6 is 0 Å². The summed E-state index contributed by atoms with van der Waals surface area (Å²) in [6.07, 6.45) is -3.35. The van der Waals surface area contributed by atoms with Crippen LogP contribution in [0.1, 0.15) is 39.7 Å². The highest BCUT2D eigenvalue weighted by molar-refractivity contribution is 5.33. The second kappa shape index (κ2) is 7.16. The van der Waals surface area contributed by atoms with Crippen LogP contribution in [-0.2, 0) is 6.42 Å². The summed E-state index contributed by atoms with van der Waals surface area (Å²) in [6, 6.07) is 6.57. The number of ether oxygens (including phenoxy) is 1. The van der Waals surface area contributed by atoms with Crippen molar-refractivity contribution in [3.05, 3.63) is 29.8 Å². The number of aryl methyl sites for hydroxylation is 1. The molecule has 0 saturated heterocycles. The highest BCUT2D eigenvalue weighted by Gasteiger charge is 2.32. The standard InChI is InChI=1S/C16H24F3NO/c1-5-20-14(15(2,3)4)11-10-12-8-6-7-9-13(12)21-16(17,18)19/h6-9,14,20H,5,10-11H2,1-4H3. The third kappa shape index (κ3) is 6.38. The average molecular weight is 303 g/mol. The van der Waals surface area contributed by atoms with Crippen molar-refractivity contribution < 1.29 is 17.9 Å². The van der Waals surface area contributed by atoms with E-state index in [1.165, 1.54) is 6.07 Å². The van der Waals surface area contributed by atoms with Crippen LogP contribution in [-0.4, -0.2) is 18.9 Å². The maximum atomic E-state index is 12.4. The molecule has 0 aliphatic rings. The molecule has 1 aromatic rings. The lowest BCUT2D eigenvalue weighted by Gasteiger charge is -2.31. The Morgan fingerprint density at radius 3 is 2.29 bits per heavy atom. The van der Waals surface area contributed by atoms with Gasteiger partial charge in [0.2, 0.25) is 0 Å². The first-order valence-electron chi connectivity index (χ1n) is 7.20. The first-order chi connectivity index (χ1) is 9.63. The van der Waals surface area contributed by atoms with Crippen LogP contribution in [0.15, 0.2) is 24.3 Å². The van der Waals surface area contributed by atoms with Crippen LogP contribution in [0.25, 0.3) is 0 Å². The zero-order valence-electron chi connectivity index (χ0n) is 13.1. The lowest BCUT2D eigenvalue weighted by molar-refractivity contribution is -0.274. The van der Waals surface area contributed by atoms with Crippen LogP contribution in [0.5, 0.6) is 5.75 Å². The SMILES string of the molecule is CCNC(CCc1ccccc1OC(F)(F)F)C(C)(C)C. The molecule has 0 fully saturated rings. The van der Waals surface area contributed by atoms with E-state index in [1.54, 1.807) is 18.2 Å². The van der Waals surface area contributed by atoms with Gasteiger partial charge in [-0.3, -0.25) is 0 Å². The molecule has 1 N–H and O–H groups in total. The molecule has 0 radical (unpaired) electrons. The summed E-state index contributed by atoms with van der Waals surface area (Å²) in [7, 11) is 0. The quantitative estimate of drug-likeness (QED) is 0.833. The van der Waals surface area contributed by atoms with Gasteiger partial charge in [0.1, 0.15) is 5.75 Å². The van der Waals surface area contributed by atoms with Crippen molar-refractivity contribution in [3.63, 3.8) is 0 Å². The maximum absolute atomic E-state index is 12.4. The number of benzene rings is 1. The van der Waals surface area contributed by atoms with Crippen LogP contribution in [0.3, 0.4) is 0 Å². The van der Waals surface area contributed by atoms with E-state index in [2.05, 4.69) is 30.8 Å². The summed E-state index contributed by atoms with van der Waals surface area (Å²) in [5, 5.41) is 3.40. The van der Waals surface area contributed by atoms with E-state index in [0.29, 0.717) is 12.0 Å². The van der Waals surface area contributed by atoms with E-state index < -0.39 is 6.36 Å². The molecule has 1 unspecified atom stereocenters. The fraction of sp³-hybridized carbons (Fsp3) is 0.625. The summed E-state index contributed by atoms with van der Waals surface area (Å²) < 4.78 is 41.3. The summed E-state index contributed by atoms with van der Waals surface area (Å²) in [6.45, 7) is 9.23. The number of hydrogen-bond acceptors (Lipinski definition) is 2. The van der Waals surface area contributed by atoms with Gasteiger partial charge in [0.05, 0.1) is 0 Å². The average Bonchev–Trinajstić information content (AvgIpc) is 2.33. The van der Waals surface area contributed by atoms with Crippen LogP contribution < -0.4 is 10.1 Å². The van der Waals surface area contributed by atoms with Gasteiger partial charge in [-0.15, -0.1) is 13.2 Å². The Morgan fingerprint density at radius 1 is 1.14 bits per heavy atom. The zero-order valence-corrected chi connectivity index (χ0v) is 13.1. The number of hydrogen-bond donors (Lipinski definition) is 1. The number of nitrogens with one attached hydrogen (secondary N) is 1. The molecule has 0 saturated carbocycles. The molecule has 120 valence electrons. The van der Waals surface area contributed by atoms with Crippen molar-refractivity contribution in [1.29, 1.82) is 0 Å². The predicted molar refractivity (Wildman–Crippen MR) is 78.4 cm³/mol. The third-order valence-electron chi connectivity index (χ3n) is 3.40. The van der Waals surface area contributed by atoms with Crippen molar-refractivity contribution in [1.82, 2.24) is 5.32 Å². The molecule has 21 heavy (non-hydrogen) atoms. The second-order valence-corrected chi connectivity index (χ2v) is 6.17. The molecular formula is C16H24F3NO.